The van der Waals surface area contributed by atoms with Crippen molar-refractivity contribution in [2.45, 2.75) is 58.0 Å². The van der Waals surface area contributed by atoms with E-state index in [1.165, 1.54) is 6.07 Å². The average molecular weight is 583 g/mol. The molecular formula is C29H29ClF2N6O3. The van der Waals surface area contributed by atoms with Crippen LogP contribution >= 0.6 is 11.6 Å². The zero-order valence-electron chi connectivity index (χ0n) is 22.3. The Morgan fingerprint density at radius 1 is 1.05 bits per heavy atom. The average Bonchev–Trinajstić information content (AvgIpc) is 3.25. The Kier molecular flexibility index (Phi) is 8.44. The van der Waals surface area contributed by atoms with Gasteiger partial charge in [-0.15, -0.1) is 0 Å². The van der Waals surface area contributed by atoms with Crippen molar-refractivity contribution >= 4 is 40.3 Å². The van der Waals surface area contributed by atoms with Crippen LogP contribution in [0.15, 0.2) is 59.7 Å². The molecule has 3 aromatic heterocycles. The van der Waals surface area contributed by atoms with Gasteiger partial charge in [0.25, 0.3) is 12.3 Å². The molecule has 9 nitrogen and oxygen atoms in total. The lowest BCUT2D eigenvalue weighted by Gasteiger charge is -2.29. The molecule has 0 radical (unpaired) electrons. The van der Waals surface area contributed by atoms with Crippen molar-refractivity contribution in [3.63, 3.8) is 0 Å². The molecule has 0 spiro atoms. The smallest absolute Gasteiger partial charge is 0.333 e. The second kappa shape index (κ2) is 12.2. The Morgan fingerprint density at radius 2 is 1.78 bits per heavy atom. The van der Waals surface area contributed by atoms with Crippen LogP contribution in [0.1, 0.15) is 61.5 Å². The number of nitrogens with one attached hydrogen (secondary N) is 2. The largest absolute Gasteiger partial charge is 0.349 e. The van der Waals surface area contributed by atoms with Gasteiger partial charge in [-0.05, 0) is 61.9 Å². The number of hydrogen-bond acceptors (Lipinski definition) is 5. The van der Waals surface area contributed by atoms with E-state index in [2.05, 4.69) is 20.6 Å². The highest BCUT2D eigenvalue weighted by molar-refractivity contribution is 6.30. The van der Waals surface area contributed by atoms with Gasteiger partial charge in [0.1, 0.15) is 11.5 Å². The Labute approximate surface area is 239 Å². The van der Waals surface area contributed by atoms with Crippen molar-refractivity contribution in [1.29, 1.82) is 0 Å². The first kappa shape index (κ1) is 28.4. The minimum Gasteiger partial charge on any atom is -0.349 e. The van der Waals surface area contributed by atoms with E-state index < -0.39 is 18.0 Å². The maximum absolute atomic E-state index is 13.6. The van der Waals surface area contributed by atoms with E-state index in [0.717, 1.165) is 30.1 Å². The first-order valence-corrected chi connectivity index (χ1v) is 13.8. The highest BCUT2D eigenvalue weighted by Crippen LogP contribution is 2.29. The summed E-state index contributed by atoms with van der Waals surface area (Å²) in [6.45, 7) is 2.25. The quantitative estimate of drug-likeness (QED) is 0.285. The number of carbonyl (C=O) groups excluding carboxylic acids is 2. The van der Waals surface area contributed by atoms with Crippen molar-refractivity contribution < 1.29 is 18.4 Å². The van der Waals surface area contributed by atoms with Crippen LogP contribution in [0.4, 0.5) is 14.6 Å². The van der Waals surface area contributed by atoms with Gasteiger partial charge in [0.15, 0.2) is 0 Å². The summed E-state index contributed by atoms with van der Waals surface area (Å²) in [5.74, 6) is -0.160. The molecule has 1 aliphatic carbocycles. The van der Waals surface area contributed by atoms with Gasteiger partial charge in [-0.2, -0.15) is 0 Å². The zero-order valence-corrected chi connectivity index (χ0v) is 23.1. The Balaban J connectivity index is 1.29. The number of pyridine rings is 2. The van der Waals surface area contributed by atoms with Crippen molar-refractivity contribution in [2.24, 2.45) is 5.92 Å². The number of halogens is 3. The van der Waals surface area contributed by atoms with E-state index in [-0.39, 0.29) is 34.1 Å². The van der Waals surface area contributed by atoms with Gasteiger partial charge >= 0.3 is 5.69 Å². The number of hydrogen-bond donors (Lipinski definition) is 2. The molecule has 4 aromatic rings. The van der Waals surface area contributed by atoms with Gasteiger partial charge in [-0.3, -0.25) is 23.7 Å². The van der Waals surface area contributed by atoms with E-state index in [4.69, 9.17) is 11.6 Å². The Bertz CT molecular complexity index is 1630. The van der Waals surface area contributed by atoms with Crippen molar-refractivity contribution in [3.8, 4) is 5.69 Å². The lowest BCUT2D eigenvalue weighted by Crippen LogP contribution is -2.39. The summed E-state index contributed by atoms with van der Waals surface area (Å²) in [6.07, 6.45) is 2.91. The number of carbonyl (C=O) groups is 2. The monoisotopic (exact) mass is 582 g/mol. The molecular weight excluding hydrogens is 554 g/mol. The highest BCUT2D eigenvalue weighted by Gasteiger charge is 2.27. The van der Waals surface area contributed by atoms with E-state index in [1.807, 2.05) is 24.3 Å². The minimum absolute atomic E-state index is 0.114. The number of rotatable bonds is 8. The van der Waals surface area contributed by atoms with Crippen LogP contribution in [0, 0.1) is 5.92 Å². The molecule has 2 amide bonds. The fourth-order valence-corrected chi connectivity index (χ4v) is 5.43. The number of para-hydroxylation sites is 2. The molecule has 1 aromatic carbocycles. The number of anilines is 1. The fourth-order valence-electron chi connectivity index (χ4n) is 5.27. The lowest BCUT2D eigenvalue weighted by molar-refractivity contribution is -0.115. The van der Waals surface area contributed by atoms with Gasteiger partial charge in [-0.1, -0.05) is 30.7 Å². The number of nitrogens with zero attached hydrogens (tertiary/aromatic N) is 4. The van der Waals surface area contributed by atoms with Gasteiger partial charge < -0.3 is 10.6 Å². The van der Waals surface area contributed by atoms with Crippen LogP contribution in [-0.2, 0) is 11.3 Å². The number of imidazole rings is 1. The van der Waals surface area contributed by atoms with E-state index >= 15 is 0 Å². The Morgan fingerprint density at radius 3 is 2.44 bits per heavy atom. The predicted octanol–water partition coefficient (Wildman–Crippen LogP) is 5.51. The van der Waals surface area contributed by atoms with Crippen LogP contribution in [0.3, 0.4) is 0 Å². The predicted molar refractivity (Wildman–Crippen MR) is 152 cm³/mol. The Hall–Kier alpha value is -4.12. The maximum Gasteiger partial charge on any atom is 0.333 e. The van der Waals surface area contributed by atoms with Crippen LogP contribution < -0.4 is 16.3 Å². The van der Waals surface area contributed by atoms with E-state index in [0.29, 0.717) is 37.3 Å². The molecule has 3 heterocycles. The minimum atomic E-state index is -2.89. The fraction of sp³-hybridized carbons (Fsp3) is 0.345. The van der Waals surface area contributed by atoms with Crippen molar-refractivity contribution in [2.75, 3.05) is 5.32 Å². The molecule has 214 valence electrons. The molecule has 1 saturated carbocycles. The van der Waals surface area contributed by atoms with Gasteiger partial charge in [0, 0.05) is 25.2 Å². The topological polar surface area (TPSA) is 111 Å². The zero-order chi connectivity index (χ0) is 29.1. The van der Waals surface area contributed by atoms with Gasteiger partial charge in [-0.25, -0.2) is 18.6 Å². The number of alkyl halides is 2. The highest BCUT2D eigenvalue weighted by atomic mass is 35.5. The van der Waals surface area contributed by atoms with Gasteiger partial charge in [0.2, 0.25) is 5.91 Å². The number of aromatic nitrogens is 4. The molecule has 0 bridgehead atoms. The van der Waals surface area contributed by atoms with Crippen molar-refractivity contribution in [1.82, 2.24) is 24.4 Å². The first-order chi connectivity index (χ1) is 19.7. The first-order valence-electron chi connectivity index (χ1n) is 13.5. The molecule has 12 heteroatoms. The standard InChI is InChI=1S/C29H29ClF2N6O3/c1-2-25(39)36-24-12-11-20(15-33-24)38-23-6-4-3-5-22(23)37(29(38)41)16-17-7-9-19(10-8-17)35-28(40)21-13-18(30)14-34-26(21)27(31)32/h3-6,11-15,17,19,27H,2,7-10,16H2,1H3,(H,35,40)(H,33,36,39). The van der Waals surface area contributed by atoms with Crippen LogP contribution in [0.2, 0.25) is 5.02 Å². The van der Waals surface area contributed by atoms with Crippen LogP contribution in [-0.4, -0.2) is 37.0 Å². The molecule has 0 saturated heterocycles. The summed E-state index contributed by atoms with van der Waals surface area (Å²) in [6, 6.07) is 12.0. The third-order valence-corrected chi connectivity index (χ3v) is 7.60. The molecule has 2 N–H and O–H groups in total. The summed E-state index contributed by atoms with van der Waals surface area (Å²) < 4.78 is 30.1. The molecule has 0 unspecified atom stereocenters. The number of benzene rings is 1. The van der Waals surface area contributed by atoms with E-state index in [9.17, 15) is 23.2 Å². The van der Waals surface area contributed by atoms with Gasteiger partial charge in [0.05, 0.1) is 33.5 Å². The number of amides is 2. The third kappa shape index (κ3) is 6.14. The van der Waals surface area contributed by atoms with Crippen molar-refractivity contribution in [3.05, 3.63) is 81.6 Å². The van der Waals surface area contributed by atoms with E-state index in [1.54, 1.807) is 34.4 Å². The third-order valence-electron chi connectivity index (χ3n) is 7.39. The van der Waals surface area contributed by atoms with Crippen LogP contribution in [0.25, 0.3) is 16.7 Å². The lowest BCUT2D eigenvalue weighted by atomic mass is 9.85. The summed E-state index contributed by atoms with van der Waals surface area (Å²) in [7, 11) is 0. The van der Waals surface area contributed by atoms with Crippen LogP contribution in [0.5, 0.6) is 0 Å². The molecule has 1 fully saturated rings. The SMILES string of the molecule is CCC(=O)Nc1ccc(-n2c(=O)n(CC3CCC(NC(=O)c4cc(Cl)cnc4C(F)F)CC3)c3ccccc32)cn1. The second-order valence-electron chi connectivity index (χ2n) is 10.1. The molecule has 0 atom stereocenters. The molecule has 1 aliphatic rings. The molecule has 0 aliphatic heterocycles. The summed E-state index contributed by atoms with van der Waals surface area (Å²) in [5.41, 5.74) is 1.13. The molecule has 41 heavy (non-hydrogen) atoms. The summed E-state index contributed by atoms with van der Waals surface area (Å²) in [5, 5.41) is 5.67. The normalized spacial score (nSPS) is 17.1. The molecule has 5 rings (SSSR count). The maximum atomic E-state index is 13.6. The summed E-state index contributed by atoms with van der Waals surface area (Å²) in [4.78, 5) is 46.0. The number of fused-ring (bicyclic) bond motifs is 1. The summed E-state index contributed by atoms with van der Waals surface area (Å²) >= 11 is 5.89. The second-order valence-corrected chi connectivity index (χ2v) is 10.5.